The lowest BCUT2D eigenvalue weighted by Crippen LogP contribution is -2.46. The number of ether oxygens (including phenoxy) is 3. The van der Waals surface area contributed by atoms with Gasteiger partial charge in [-0.15, -0.1) is 0 Å². The standard InChI is InChI=1S/C19H18BrN3O6/c1-3-19(29-13(24)9-20)14-12(10-28-18(19)26)17(27-2)23-15(22-14)16(25)21-11-7-5-4-6-8-11/h4-8H,3,9-10H2,1-2H3,(H,21,25)/t19-/m0/s1. The number of nitrogens with one attached hydrogen (secondary N) is 1. The number of esters is 2. The van der Waals surface area contributed by atoms with E-state index in [-0.39, 0.29) is 35.8 Å². The first-order chi connectivity index (χ1) is 13.9. The van der Waals surface area contributed by atoms with Crippen molar-refractivity contribution in [2.24, 2.45) is 0 Å². The van der Waals surface area contributed by atoms with Gasteiger partial charge >= 0.3 is 11.9 Å². The Morgan fingerprint density at radius 2 is 2.00 bits per heavy atom. The van der Waals surface area contributed by atoms with E-state index in [1.54, 1.807) is 31.2 Å². The molecule has 0 unspecified atom stereocenters. The van der Waals surface area contributed by atoms with Crippen LogP contribution in [-0.4, -0.2) is 40.3 Å². The number of anilines is 1. The van der Waals surface area contributed by atoms with Gasteiger partial charge in [0, 0.05) is 12.1 Å². The van der Waals surface area contributed by atoms with Gasteiger partial charge in [0.2, 0.25) is 11.7 Å². The minimum atomic E-state index is -1.80. The highest BCUT2D eigenvalue weighted by atomic mass is 79.9. The third-order valence-electron chi connectivity index (χ3n) is 4.35. The minimum absolute atomic E-state index is 0.0531. The zero-order valence-corrected chi connectivity index (χ0v) is 17.3. The largest absolute Gasteiger partial charge is 0.481 e. The molecular formula is C19H18BrN3O6. The van der Waals surface area contributed by atoms with E-state index in [0.717, 1.165) is 0 Å². The maximum absolute atomic E-state index is 12.7. The lowest BCUT2D eigenvalue weighted by atomic mass is 9.90. The number of aromatic nitrogens is 2. The van der Waals surface area contributed by atoms with E-state index >= 15 is 0 Å². The van der Waals surface area contributed by atoms with E-state index in [0.29, 0.717) is 11.3 Å². The Kier molecular flexibility index (Phi) is 6.12. The fraction of sp³-hybridized carbons (Fsp3) is 0.316. The molecule has 152 valence electrons. The van der Waals surface area contributed by atoms with Crippen LogP contribution in [0.3, 0.4) is 0 Å². The Labute approximate surface area is 174 Å². The number of amides is 1. The van der Waals surface area contributed by atoms with Gasteiger partial charge in [0.25, 0.3) is 11.5 Å². The molecule has 1 amide bonds. The van der Waals surface area contributed by atoms with Crippen LogP contribution in [0.5, 0.6) is 5.88 Å². The molecule has 0 bridgehead atoms. The summed E-state index contributed by atoms with van der Waals surface area (Å²) in [5.41, 5.74) is -0.830. The van der Waals surface area contributed by atoms with Crippen molar-refractivity contribution in [1.29, 1.82) is 0 Å². The van der Waals surface area contributed by atoms with E-state index in [1.807, 2.05) is 6.07 Å². The molecule has 10 heteroatoms. The monoisotopic (exact) mass is 463 g/mol. The normalized spacial score (nSPS) is 17.7. The van der Waals surface area contributed by atoms with Gasteiger partial charge in [0.1, 0.15) is 17.6 Å². The van der Waals surface area contributed by atoms with Crippen LogP contribution in [0.4, 0.5) is 5.69 Å². The van der Waals surface area contributed by atoms with Gasteiger partial charge < -0.3 is 19.5 Å². The number of benzene rings is 1. The third-order valence-corrected chi connectivity index (χ3v) is 4.81. The van der Waals surface area contributed by atoms with Crippen LogP contribution in [0, 0.1) is 0 Å². The quantitative estimate of drug-likeness (QED) is 0.512. The van der Waals surface area contributed by atoms with Gasteiger partial charge in [0.15, 0.2) is 0 Å². The Bertz CT molecular complexity index is 952. The molecule has 1 aromatic heterocycles. The number of rotatable bonds is 6. The molecule has 1 aliphatic rings. The van der Waals surface area contributed by atoms with Gasteiger partial charge in [-0.3, -0.25) is 9.59 Å². The van der Waals surface area contributed by atoms with Crippen LogP contribution in [0.25, 0.3) is 0 Å². The molecule has 0 saturated carbocycles. The van der Waals surface area contributed by atoms with Crippen molar-refractivity contribution < 1.29 is 28.6 Å². The number of fused-ring (bicyclic) bond motifs is 1. The van der Waals surface area contributed by atoms with Gasteiger partial charge in [-0.25, -0.2) is 9.78 Å². The Balaban J connectivity index is 2.10. The first-order valence-corrected chi connectivity index (χ1v) is 9.84. The number of para-hydroxylation sites is 1. The highest BCUT2D eigenvalue weighted by molar-refractivity contribution is 9.09. The van der Waals surface area contributed by atoms with Crippen molar-refractivity contribution in [3.63, 3.8) is 0 Å². The molecule has 3 rings (SSSR count). The Morgan fingerprint density at radius 3 is 2.62 bits per heavy atom. The predicted octanol–water partition coefficient (Wildman–Crippen LogP) is 2.34. The fourth-order valence-electron chi connectivity index (χ4n) is 2.95. The first kappa shape index (κ1) is 20.7. The van der Waals surface area contributed by atoms with Crippen molar-refractivity contribution in [1.82, 2.24) is 9.97 Å². The molecule has 29 heavy (non-hydrogen) atoms. The maximum atomic E-state index is 12.7. The van der Waals surface area contributed by atoms with E-state index in [1.165, 1.54) is 7.11 Å². The molecule has 0 radical (unpaired) electrons. The smallest absolute Gasteiger partial charge is 0.357 e. The van der Waals surface area contributed by atoms with Crippen LogP contribution in [-0.2, 0) is 31.3 Å². The molecule has 2 heterocycles. The Morgan fingerprint density at radius 1 is 1.28 bits per heavy atom. The second-order valence-electron chi connectivity index (χ2n) is 6.07. The molecule has 1 atom stereocenters. The maximum Gasteiger partial charge on any atom is 0.357 e. The highest BCUT2D eigenvalue weighted by Crippen LogP contribution is 2.39. The number of hydrogen-bond donors (Lipinski definition) is 1. The van der Waals surface area contributed by atoms with Crippen LogP contribution >= 0.6 is 15.9 Å². The first-order valence-electron chi connectivity index (χ1n) is 8.72. The summed E-state index contributed by atoms with van der Waals surface area (Å²) in [6, 6.07) is 8.76. The number of nitrogens with zero attached hydrogens (tertiary/aromatic N) is 2. The van der Waals surface area contributed by atoms with Gasteiger partial charge in [-0.05, 0) is 12.1 Å². The summed E-state index contributed by atoms with van der Waals surface area (Å²) >= 11 is 3.01. The zero-order chi connectivity index (χ0) is 21.0. The average Bonchev–Trinajstić information content (AvgIpc) is 2.75. The molecule has 9 nitrogen and oxygen atoms in total. The van der Waals surface area contributed by atoms with E-state index < -0.39 is 23.4 Å². The zero-order valence-electron chi connectivity index (χ0n) is 15.7. The second-order valence-corrected chi connectivity index (χ2v) is 6.63. The van der Waals surface area contributed by atoms with E-state index in [2.05, 4.69) is 31.2 Å². The summed E-state index contributed by atoms with van der Waals surface area (Å²) in [7, 11) is 1.37. The van der Waals surface area contributed by atoms with Crippen molar-refractivity contribution >= 4 is 39.5 Å². The molecule has 0 saturated heterocycles. The van der Waals surface area contributed by atoms with Crippen LogP contribution in [0.15, 0.2) is 30.3 Å². The summed E-state index contributed by atoms with van der Waals surface area (Å²) in [6.07, 6.45) is 0.0531. The number of halogens is 1. The predicted molar refractivity (Wildman–Crippen MR) is 105 cm³/mol. The van der Waals surface area contributed by atoms with Crippen LogP contribution in [0.1, 0.15) is 35.2 Å². The van der Waals surface area contributed by atoms with Gasteiger partial charge in [-0.1, -0.05) is 41.1 Å². The number of alkyl halides is 1. The molecule has 0 spiro atoms. The summed E-state index contributed by atoms with van der Waals surface area (Å²) in [4.78, 5) is 45.7. The highest BCUT2D eigenvalue weighted by Gasteiger charge is 2.51. The minimum Gasteiger partial charge on any atom is -0.481 e. The molecular weight excluding hydrogens is 446 g/mol. The van der Waals surface area contributed by atoms with E-state index in [9.17, 15) is 14.4 Å². The lowest BCUT2D eigenvalue weighted by molar-refractivity contribution is -0.188. The third kappa shape index (κ3) is 3.93. The average molecular weight is 464 g/mol. The summed E-state index contributed by atoms with van der Waals surface area (Å²) in [5, 5.41) is 2.55. The SMILES string of the molecule is CC[C@@]1(OC(=O)CBr)C(=O)OCc2c(OC)nc(C(=O)Nc3ccccc3)nc21. The molecule has 0 fully saturated rings. The van der Waals surface area contributed by atoms with Gasteiger partial charge in [-0.2, -0.15) is 4.98 Å². The van der Waals surface area contributed by atoms with E-state index in [4.69, 9.17) is 14.2 Å². The van der Waals surface area contributed by atoms with Gasteiger partial charge in [0.05, 0.1) is 12.7 Å². The van der Waals surface area contributed by atoms with Crippen molar-refractivity contribution in [2.75, 3.05) is 17.8 Å². The Hall–Kier alpha value is -3.01. The number of cyclic esters (lactones) is 1. The number of carbonyl (C=O) groups excluding carboxylic acids is 3. The summed E-state index contributed by atoms with van der Waals surface area (Å²) < 4.78 is 15.9. The van der Waals surface area contributed by atoms with Crippen molar-refractivity contribution in [3.8, 4) is 5.88 Å². The van der Waals surface area contributed by atoms with Crippen molar-refractivity contribution in [2.45, 2.75) is 25.6 Å². The van der Waals surface area contributed by atoms with Crippen LogP contribution < -0.4 is 10.1 Å². The lowest BCUT2D eigenvalue weighted by Gasteiger charge is -2.34. The van der Waals surface area contributed by atoms with Crippen molar-refractivity contribution in [3.05, 3.63) is 47.4 Å². The molecule has 1 aromatic carbocycles. The molecule has 1 N–H and O–H groups in total. The number of hydrogen-bond acceptors (Lipinski definition) is 8. The fourth-order valence-corrected chi connectivity index (χ4v) is 3.07. The molecule has 2 aromatic rings. The number of carbonyl (C=O) groups is 3. The van der Waals surface area contributed by atoms with Crippen LogP contribution in [0.2, 0.25) is 0 Å². The summed E-state index contributed by atoms with van der Waals surface area (Å²) in [6.45, 7) is 1.49. The molecule has 0 aliphatic carbocycles. The molecule has 1 aliphatic heterocycles. The summed E-state index contributed by atoms with van der Waals surface area (Å²) in [5.74, 6) is -2.21. The second kappa shape index (κ2) is 8.56. The topological polar surface area (TPSA) is 117 Å². The number of methoxy groups -OCH3 is 1.